The van der Waals surface area contributed by atoms with Crippen molar-refractivity contribution >= 4 is 0 Å². The molecule has 0 aromatic carbocycles. The predicted molar refractivity (Wildman–Crippen MR) is 54.4 cm³/mol. The summed E-state index contributed by atoms with van der Waals surface area (Å²) in [5, 5.41) is 3.32. The first-order valence-electron chi connectivity index (χ1n) is 5.10. The standard InChI is InChI=1S/C11H20FN/c1-11(2,3)13-8-9-6-4-5-7-10(9)12/h13H,4-8H2,1-3H3. The zero-order chi connectivity index (χ0) is 9.90. The number of nitrogens with one attached hydrogen (secondary N) is 1. The molecule has 0 radical (unpaired) electrons. The van der Waals surface area contributed by atoms with Gasteiger partial charge in [-0.3, -0.25) is 0 Å². The van der Waals surface area contributed by atoms with Crippen LogP contribution in [-0.4, -0.2) is 12.1 Å². The van der Waals surface area contributed by atoms with Crippen LogP contribution in [0.3, 0.4) is 0 Å². The fourth-order valence-corrected chi connectivity index (χ4v) is 1.49. The van der Waals surface area contributed by atoms with Crippen molar-refractivity contribution in [2.75, 3.05) is 6.54 Å². The summed E-state index contributed by atoms with van der Waals surface area (Å²) in [4.78, 5) is 0. The lowest BCUT2D eigenvalue weighted by Crippen LogP contribution is -2.37. The summed E-state index contributed by atoms with van der Waals surface area (Å²) in [7, 11) is 0. The Morgan fingerprint density at radius 3 is 2.38 bits per heavy atom. The fourth-order valence-electron chi connectivity index (χ4n) is 1.49. The van der Waals surface area contributed by atoms with Crippen LogP contribution in [0.5, 0.6) is 0 Å². The lowest BCUT2D eigenvalue weighted by molar-refractivity contribution is 0.425. The van der Waals surface area contributed by atoms with Gasteiger partial charge in [-0.05, 0) is 52.0 Å². The number of hydrogen-bond acceptors (Lipinski definition) is 1. The first kappa shape index (κ1) is 10.7. The summed E-state index contributed by atoms with van der Waals surface area (Å²) in [6.45, 7) is 7.03. The van der Waals surface area contributed by atoms with Crippen LogP contribution < -0.4 is 5.32 Å². The van der Waals surface area contributed by atoms with Crippen molar-refractivity contribution in [3.05, 3.63) is 11.4 Å². The van der Waals surface area contributed by atoms with E-state index in [1.165, 1.54) is 0 Å². The number of hydrogen-bond donors (Lipinski definition) is 1. The van der Waals surface area contributed by atoms with Crippen molar-refractivity contribution in [3.8, 4) is 0 Å². The number of rotatable bonds is 2. The Morgan fingerprint density at radius 2 is 1.85 bits per heavy atom. The molecule has 0 saturated heterocycles. The summed E-state index contributed by atoms with van der Waals surface area (Å²) >= 11 is 0. The van der Waals surface area contributed by atoms with Gasteiger partial charge >= 0.3 is 0 Å². The van der Waals surface area contributed by atoms with Gasteiger partial charge in [0.1, 0.15) is 5.83 Å². The van der Waals surface area contributed by atoms with E-state index < -0.39 is 0 Å². The molecule has 13 heavy (non-hydrogen) atoms. The van der Waals surface area contributed by atoms with Gasteiger partial charge in [-0.15, -0.1) is 0 Å². The van der Waals surface area contributed by atoms with Gasteiger partial charge in [-0.2, -0.15) is 0 Å². The van der Waals surface area contributed by atoms with Crippen LogP contribution in [0.4, 0.5) is 4.39 Å². The van der Waals surface area contributed by atoms with Crippen LogP contribution >= 0.6 is 0 Å². The smallest absolute Gasteiger partial charge is 0.100 e. The SMILES string of the molecule is CC(C)(C)NCC1=C(F)CCCC1. The Kier molecular flexibility index (Phi) is 3.48. The van der Waals surface area contributed by atoms with Gasteiger partial charge in [0.15, 0.2) is 0 Å². The molecule has 0 aliphatic heterocycles. The van der Waals surface area contributed by atoms with Crippen LogP contribution in [0.15, 0.2) is 11.4 Å². The Balaban J connectivity index is 2.44. The molecule has 76 valence electrons. The van der Waals surface area contributed by atoms with E-state index in [1.807, 2.05) is 0 Å². The molecule has 1 N–H and O–H groups in total. The highest BCUT2D eigenvalue weighted by Gasteiger charge is 2.15. The van der Waals surface area contributed by atoms with Crippen LogP contribution in [0.2, 0.25) is 0 Å². The van der Waals surface area contributed by atoms with Gasteiger partial charge in [0.25, 0.3) is 0 Å². The maximum Gasteiger partial charge on any atom is 0.100 e. The van der Waals surface area contributed by atoms with Crippen molar-refractivity contribution in [3.63, 3.8) is 0 Å². The average molecular weight is 185 g/mol. The summed E-state index contributed by atoms with van der Waals surface area (Å²) < 4.78 is 13.3. The number of allylic oxidation sites excluding steroid dienone is 1. The van der Waals surface area contributed by atoms with Crippen LogP contribution in [0, 0.1) is 0 Å². The predicted octanol–water partition coefficient (Wildman–Crippen LogP) is 3.17. The maximum atomic E-state index is 13.3. The van der Waals surface area contributed by atoms with E-state index in [0.717, 1.165) is 31.4 Å². The minimum atomic E-state index is 0.0880. The summed E-state index contributed by atoms with van der Waals surface area (Å²) in [5.41, 5.74) is 1.08. The molecule has 0 aromatic heterocycles. The molecule has 0 heterocycles. The summed E-state index contributed by atoms with van der Waals surface area (Å²) in [6, 6.07) is 0. The van der Waals surface area contributed by atoms with Gasteiger partial charge in [-0.1, -0.05) is 0 Å². The molecule has 0 fully saturated rings. The van der Waals surface area contributed by atoms with Gasteiger partial charge in [-0.25, -0.2) is 4.39 Å². The topological polar surface area (TPSA) is 12.0 Å². The van der Waals surface area contributed by atoms with E-state index in [1.54, 1.807) is 0 Å². The van der Waals surface area contributed by atoms with E-state index in [-0.39, 0.29) is 11.4 Å². The van der Waals surface area contributed by atoms with E-state index in [0.29, 0.717) is 6.42 Å². The van der Waals surface area contributed by atoms with Gasteiger partial charge in [0.2, 0.25) is 0 Å². The van der Waals surface area contributed by atoms with Gasteiger partial charge < -0.3 is 5.32 Å². The highest BCUT2D eigenvalue weighted by atomic mass is 19.1. The van der Waals surface area contributed by atoms with Crippen LogP contribution in [-0.2, 0) is 0 Å². The molecule has 0 amide bonds. The molecule has 0 spiro atoms. The molecule has 0 atom stereocenters. The third-order valence-corrected chi connectivity index (χ3v) is 2.34. The Hall–Kier alpha value is -0.370. The zero-order valence-corrected chi connectivity index (χ0v) is 8.91. The molecule has 1 rings (SSSR count). The maximum absolute atomic E-state index is 13.3. The normalized spacial score (nSPS) is 19.4. The second kappa shape index (κ2) is 4.23. The first-order chi connectivity index (χ1) is 5.99. The molecule has 0 aromatic rings. The Labute approximate surface area is 80.4 Å². The first-order valence-corrected chi connectivity index (χ1v) is 5.10. The van der Waals surface area contributed by atoms with E-state index in [4.69, 9.17) is 0 Å². The largest absolute Gasteiger partial charge is 0.308 e. The number of halogens is 1. The van der Waals surface area contributed by atoms with Gasteiger partial charge in [0, 0.05) is 12.1 Å². The second-order valence-electron chi connectivity index (χ2n) is 4.82. The van der Waals surface area contributed by atoms with Crippen LogP contribution in [0.25, 0.3) is 0 Å². The molecular weight excluding hydrogens is 165 g/mol. The molecule has 2 heteroatoms. The Bertz CT molecular complexity index is 201. The summed E-state index contributed by atoms with van der Waals surface area (Å²) in [5.74, 6) is 0.128. The molecule has 0 bridgehead atoms. The molecular formula is C11H20FN. The van der Waals surface area contributed by atoms with E-state index in [2.05, 4.69) is 26.1 Å². The van der Waals surface area contributed by atoms with Crippen molar-refractivity contribution in [1.29, 1.82) is 0 Å². The van der Waals surface area contributed by atoms with E-state index in [9.17, 15) is 4.39 Å². The van der Waals surface area contributed by atoms with Gasteiger partial charge in [0.05, 0.1) is 0 Å². The van der Waals surface area contributed by atoms with E-state index >= 15 is 0 Å². The second-order valence-corrected chi connectivity index (χ2v) is 4.82. The third-order valence-electron chi connectivity index (χ3n) is 2.34. The van der Waals surface area contributed by atoms with Crippen molar-refractivity contribution in [2.24, 2.45) is 0 Å². The minimum Gasteiger partial charge on any atom is -0.308 e. The Morgan fingerprint density at radius 1 is 1.23 bits per heavy atom. The third kappa shape index (κ3) is 3.90. The van der Waals surface area contributed by atoms with Crippen molar-refractivity contribution in [1.82, 2.24) is 5.32 Å². The fraction of sp³-hybridized carbons (Fsp3) is 0.818. The van der Waals surface area contributed by atoms with Crippen molar-refractivity contribution in [2.45, 2.75) is 52.0 Å². The molecule has 0 saturated carbocycles. The molecule has 1 aliphatic rings. The van der Waals surface area contributed by atoms with Crippen LogP contribution in [0.1, 0.15) is 46.5 Å². The minimum absolute atomic E-state index is 0.0880. The molecule has 1 aliphatic carbocycles. The molecule has 0 unspecified atom stereocenters. The summed E-state index contributed by atoms with van der Waals surface area (Å²) in [6.07, 6.45) is 3.76. The highest BCUT2D eigenvalue weighted by Crippen LogP contribution is 2.25. The lowest BCUT2D eigenvalue weighted by Gasteiger charge is -2.23. The quantitative estimate of drug-likeness (QED) is 0.696. The average Bonchev–Trinajstić information content (AvgIpc) is 2.01. The highest BCUT2D eigenvalue weighted by molar-refractivity contribution is 5.13. The van der Waals surface area contributed by atoms with Crippen molar-refractivity contribution < 1.29 is 4.39 Å². The lowest BCUT2D eigenvalue weighted by atomic mass is 9.97. The zero-order valence-electron chi connectivity index (χ0n) is 8.91. The molecule has 1 nitrogen and oxygen atoms in total. The monoisotopic (exact) mass is 185 g/mol.